The minimum Gasteiger partial charge on any atom is -0.350 e. The Morgan fingerprint density at radius 1 is 1.38 bits per heavy atom. The Balaban J connectivity index is 2.65. The van der Waals surface area contributed by atoms with Crippen LogP contribution in [0.5, 0.6) is 0 Å². The second kappa shape index (κ2) is 3.64. The van der Waals surface area contributed by atoms with Crippen LogP contribution in [0.2, 0.25) is 0 Å². The predicted molar refractivity (Wildman–Crippen MR) is 53.5 cm³/mol. The Hall–Kier alpha value is -0.600. The molecule has 13 heavy (non-hydrogen) atoms. The second-order valence-corrected chi connectivity index (χ2v) is 3.36. The molecule has 0 saturated carbocycles. The molecule has 2 nitrogen and oxygen atoms in total. The Morgan fingerprint density at radius 3 is 2.31 bits per heavy atom. The molecule has 1 heterocycles. The standard InChI is InChI=1S/C11H18O2/c1-5-8-9-11(12-4)10(6-2,7-3)13-11/h6-7H,2-3,5,8-9H2,1,4H3. The molecule has 1 aliphatic heterocycles. The van der Waals surface area contributed by atoms with Gasteiger partial charge in [0, 0.05) is 13.5 Å². The van der Waals surface area contributed by atoms with E-state index >= 15 is 0 Å². The van der Waals surface area contributed by atoms with Crippen molar-refractivity contribution in [3.63, 3.8) is 0 Å². The fourth-order valence-corrected chi connectivity index (χ4v) is 1.68. The molecule has 0 radical (unpaired) electrons. The molecule has 1 unspecified atom stereocenters. The van der Waals surface area contributed by atoms with Crippen LogP contribution in [0.4, 0.5) is 0 Å². The van der Waals surface area contributed by atoms with Crippen molar-refractivity contribution in [3.8, 4) is 0 Å². The molecule has 0 aliphatic carbocycles. The summed E-state index contributed by atoms with van der Waals surface area (Å²) >= 11 is 0. The summed E-state index contributed by atoms with van der Waals surface area (Å²) in [5, 5.41) is 0. The third-order valence-corrected chi connectivity index (χ3v) is 2.68. The topological polar surface area (TPSA) is 21.8 Å². The average molecular weight is 182 g/mol. The number of ether oxygens (including phenoxy) is 2. The highest BCUT2D eigenvalue weighted by Crippen LogP contribution is 2.53. The van der Waals surface area contributed by atoms with Crippen LogP contribution in [0.3, 0.4) is 0 Å². The van der Waals surface area contributed by atoms with Crippen molar-refractivity contribution in [2.75, 3.05) is 7.11 Å². The average Bonchev–Trinajstić information content (AvgIpc) is 2.85. The number of methoxy groups -OCH3 is 1. The number of hydrogen-bond acceptors (Lipinski definition) is 2. The van der Waals surface area contributed by atoms with Crippen LogP contribution in [-0.2, 0) is 9.47 Å². The number of rotatable bonds is 6. The van der Waals surface area contributed by atoms with Crippen molar-refractivity contribution in [1.82, 2.24) is 0 Å². The third kappa shape index (κ3) is 1.45. The zero-order valence-electron chi connectivity index (χ0n) is 8.51. The van der Waals surface area contributed by atoms with Crippen molar-refractivity contribution in [3.05, 3.63) is 25.3 Å². The van der Waals surface area contributed by atoms with Crippen LogP contribution in [0.15, 0.2) is 25.3 Å². The highest BCUT2D eigenvalue weighted by molar-refractivity contribution is 5.28. The summed E-state index contributed by atoms with van der Waals surface area (Å²) in [6, 6.07) is 0. The van der Waals surface area contributed by atoms with E-state index in [1.54, 1.807) is 19.3 Å². The number of hydrogen-bond donors (Lipinski definition) is 0. The smallest absolute Gasteiger partial charge is 0.206 e. The Morgan fingerprint density at radius 2 is 2.00 bits per heavy atom. The zero-order chi connectivity index (χ0) is 9.95. The summed E-state index contributed by atoms with van der Waals surface area (Å²) in [6.07, 6.45) is 6.66. The molecule has 0 spiro atoms. The molecule has 0 aromatic rings. The normalized spacial score (nSPS) is 29.7. The SMILES string of the molecule is C=CC1(C=C)OC1(CCCC)OC. The van der Waals surface area contributed by atoms with Crippen molar-refractivity contribution < 1.29 is 9.47 Å². The largest absolute Gasteiger partial charge is 0.350 e. The lowest BCUT2D eigenvalue weighted by molar-refractivity contribution is -0.0180. The first-order chi connectivity index (χ1) is 6.20. The molecule has 0 aromatic heterocycles. The molecule has 74 valence electrons. The van der Waals surface area contributed by atoms with Crippen LogP contribution < -0.4 is 0 Å². The molecule has 1 aliphatic rings. The van der Waals surface area contributed by atoms with Gasteiger partial charge in [0.05, 0.1) is 0 Å². The molecule has 0 aromatic carbocycles. The zero-order valence-corrected chi connectivity index (χ0v) is 8.51. The van der Waals surface area contributed by atoms with Gasteiger partial charge in [-0.05, 0) is 6.42 Å². The van der Waals surface area contributed by atoms with Crippen LogP contribution in [0.1, 0.15) is 26.2 Å². The quantitative estimate of drug-likeness (QED) is 0.465. The van der Waals surface area contributed by atoms with Gasteiger partial charge in [-0.3, -0.25) is 0 Å². The fraction of sp³-hybridized carbons (Fsp3) is 0.636. The van der Waals surface area contributed by atoms with E-state index in [1.807, 2.05) is 0 Å². The van der Waals surface area contributed by atoms with Crippen LogP contribution in [0.25, 0.3) is 0 Å². The van der Waals surface area contributed by atoms with Crippen molar-refractivity contribution in [2.24, 2.45) is 0 Å². The summed E-state index contributed by atoms with van der Waals surface area (Å²) < 4.78 is 11.0. The van der Waals surface area contributed by atoms with E-state index in [0.29, 0.717) is 0 Å². The third-order valence-electron chi connectivity index (χ3n) is 2.68. The minimum absolute atomic E-state index is 0.447. The van der Waals surface area contributed by atoms with Crippen LogP contribution >= 0.6 is 0 Å². The predicted octanol–water partition coefficient (Wildman–Crippen LogP) is 2.66. The monoisotopic (exact) mass is 182 g/mol. The van der Waals surface area contributed by atoms with Crippen molar-refractivity contribution >= 4 is 0 Å². The molecule has 0 bridgehead atoms. The first kappa shape index (κ1) is 10.5. The van der Waals surface area contributed by atoms with E-state index in [0.717, 1.165) is 19.3 Å². The van der Waals surface area contributed by atoms with Gasteiger partial charge in [-0.1, -0.05) is 38.7 Å². The van der Waals surface area contributed by atoms with E-state index in [4.69, 9.17) is 9.47 Å². The summed E-state index contributed by atoms with van der Waals surface area (Å²) in [7, 11) is 1.67. The van der Waals surface area contributed by atoms with Gasteiger partial charge in [0.2, 0.25) is 5.79 Å². The maximum absolute atomic E-state index is 5.58. The maximum atomic E-state index is 5.58. The Kier molecular flexibility index (Phi) is 2.94. The lowest BCUT2D eigenvalue weighted by Crippen LogP contribution is -2.24. The van der Waals surface area contributed by atoms with E-state index in [1.165, 1.54) is 0 Å². The summed E-state index contributed by atoms with van der Waals surface area (Å²) in [5.41, 5.74) is -0.447. The van der Waals surface area contributed by atoms with Gasteiger partial charge in [0.15, 0.2) is 5.60 Å². The van der Waals surface area contributed by atoms with Gasteiger partial charge < -0.3 is 9.47 Å². The van der Waals surface area contributed by atoms with Gasteiger partial charge in [-0.15, -0.1) is 0 Å². The molecule has 1 saturated heterocycles. The van der Waals surface area contributed by atoms with E-state index in [-0.39, 0.29) is 0 Å². The molecule has 2 heteroatoms. The molecule has 0 N–H and O–H groups in total. The van der Waals surface area contributed by atoms with E-state index in [9.17, 15) is 0 Å². The fourth-order valence-electron chi connectivity index (χ4n) is 1.68. The molecular weight excluding hydrogens is 164 g/mol. The second-order valence-electron chi connectivity index (χ2n) is 3.36. The van der Waals surface area contributed by atoms with E-state index < -0.39 is 11.4 Å². The molecule has 0 amide bonds. The Labute approximate surface area is 80.2 Å². The van der Waals surface area contributed by atoms with Gasteiger partial charge in [-0.25, -0.2) is 0 Å². The Bertz CT molecular complexity index is 202. The van der Waals surface area contributed by atoms with Crippen LogP contribution in [0, 0.1) is 0 Å². The molecule has 1 atom stereocenters. The van der Waals surface area contributed by atoms with Gasteiger partial charge in [0.1, 0.15) is 0 Å². The van der Waals surface area contributed by atoms with Crippen molar-refractivity contribution in [1.29, 1.82) is 0 Å². The van der Waals surface area contributed by atoms with Crippen LogP contribution in [-0.4, -0.2) is 18.5 Å². The highest BCUT2D eigenvalue weighted by Gasteiger charge is 2.67. The maximum Gasteiger partial charge on any atom is 0.206 e. The first-order valence-electron chi connectivity index (χ1n) is 4.73. The highest BCUT2D eigenvalue weighted by atomic mass is 16.8. The lowest BCUT2D eigenvalue weighted by Gasteiger charge is -2.12. The van der Waals surface area contributed by atoms with Gasteiger partial charge in [0.25, 0.3) is 0 Å². The number of epoxide rings is 1. The van der Waals surface area contributed by atoms with Gasteiger partial charge >= 0.3 is 0 Å². The van der Waals surface area contributed by atoms with Crippen molar-refractivity contribution in [2.45, 2.75) is 37.6 Å². The molecule has 1 fully saturated rings. The van der Waals surface area contributed by atoms with Gasteiger partial charge in [-0.2, -0.15) is 0 Å². The molecular formula is C11H18O2. The summed E-state index contributed by atoms with van der Waals surface area (Å²) in [4.78, 5) is 0. The summed E-state index contributed by atoms with van der Waals surface area (Å²) in [6.45, 7) is 9.63. The first-order valence-corrected chi connectivity index (χ1v) is 4.73. The number of unbranched alkanes of at least 4 members (excludes halogenated alkanes) is 1. The minimum atomic E-state index is -0.480. The molecule has 1 rings (SSSR count). The lowest BCUT2D eigenvalue weighted by atomic mass is 9.98. The summed E-state index contributed by atoms with van der Waals surface area (Å²) in [5.74, 6) is -0.480. The van der Waals surface area contributed by atoms with E-state index in [2.05, 4.69) is 20.1 Å².